The van der Waals surface area contributed by atoms with Crippen molar-refractivity contribution in [1.82, 2.24) is 0 Å². The third kappa shape index (κ3) is 7.50. The first kappa shape index (κ1) is 8.50. The van der Waals surface area contributed by atoms with E-state index in [1.54, 1.807) is 20.3 Å². The fourth-order valence-corrected chi connectivity index (χ4v) is 0.502. The molecule has 9 heavy (non-hydrogen) atoms. The Morgan fingerprint density at radius 1 is 1.67 bits per heavy atom. The lowest BCUT2D eigenvalue weighted by Gasteiger charge is -1.97. The smallest absolute Gasteiger partial charge is 0.0784 e. The number of methoxy groups -OCH3 is 1. The van der Waals surface area contributed by atoms with E-state index >= 15 is 0 Å². The molecule has 0 saturated carbocycles. The number of allylic oxidation sites excluding steroid dienone is 1. The van der Waals surface area contributed by atoms with E-state index in [2.05, 4.69) is 4.74 Å². The standard InChI is InChI=1S/C7H14O2/c1-7(8)5-3-4-6-9-2/h4,6-8H,3,5H2,1-2H3/b6-4+/t7-/m0/s1. The third-order valence-corrected chi connectivity index (χ3v) is 0.983. The van der Waals surface area contributed by atoms with Crippen LogP contribution in [0.15, 0.2) is 12.3 Å². The molecule has 0 amide bonds. The molecule has 2 nitrogen and oxygen atoms in total. The highest BCUT2D eigenvalue weighted by Gasteiger charge is 1.90. The molecule has 0 rings (SSSR count). The summed E-state index contributed by atoms with van der Waals surface area (Å²) in [5.41, 5.74) is 0. The zero-order chi connectivity index (χ0) is 7.11. The van der Waals surface area contributed by atoms with Crippen molar-refractivity contribution in [3.63, 3.8) is 0 Å². The molecular formula is C7H14O2. The summed E-state index contributed by atoms with van der Waals surface area (Å²) in [5, 5.41) is 8.78. The zero-order valence-corrected chi connectivity index (χ0v) is 6.00. The first-order valence-electron chi connectivity index (χ1n) is 3.13. The molecule has 0 aliphatic heterocycles. The summed E-state index contributed by atoms with van der Waals surface area (Å²) in [6.45, 7) is 1.78. The average molecular weight is 130 g/mol. The van der Waals surface area contributed by atoms with Gasteiger partial charge in [-0.25, -0.2) is 0 Å². The molecule has 0 aliphatic rings. The molecule has 0 bridgehead atoms. The van der Waals surface area contributed by atoms with Crippen LogP contribution in [0.1, 0.15) is 19.8 Å². The van der Waals surface area contributed by atoms with Gasteiger partial charge in [0, 0.05) is 0 Å². The largest absolute Gasteiger partial charge is 0.505 e. The number of hydrogen-bond acceptors (Lipinski definition) is 2. The van der Waals surface area contributed by atoms with Crippen LogP contribution in [0, 0.1) is 0 Å². The highest BCUT2D eigenvalue weighted by Crippen LogP contribution is 1.95. The summed E-state index contributed by atoms with van der Waals surface area (Å²) in [7, 11) is 1.61. The van der Waals surface area contributed by atoms with Crippen molar-refractivity contribution in [3.05, 3.63) is 12.3 Å². The molecule has 0 heterocycles. The van der Waals surface area contributed by atoms with E-state index in [9.17, 15) is 0 Å². The molecular weight excluding hydrogens is 116 g/mol. The van der Waals surface area contributed by atoms with E-state index in [4.69, 9.17) is 5.11 Å². The molecule has 0 saturated heterocycles. The summed E-state index contributed by atoms with van der Waals surface area (Å²) < 4.78 is 4.66. The van der Waals surface area contributed by atoms with Gasteiger partial charge in [-0.2, -0.15) is 0 Å². The molecule has 0 spiro atoms. The summed E-state index contributed by atoms with van der Waals surface area (Å²) >= 11 is 0. The van der Waals surface area contributed by atoms with Gasteiger partial charge >= 0.3 is 0 Å². The number of rotatable bonds is 4. The number of aliphatic hydroxyl groups excluding tert-OH is 1. The van der Waals surface area contributed by atoms with Crippen molar-refractivity contribution >= 4 is 0 Å². The quantitative estimate of drug-likeness (QED) is 0.581. The lowest BCUT2D eigenvalue weighted by Crippen LogP contribution is -1.96. The van der Waals surface area contributed by atoms with Crippen LogP contribution in [0.3, 0.4) is 0 Å². The van der Waals surface area contributed by atoms with Gasteiger partial charge in [-0.3, -0.25) is 0 Å². The Balaban J connectivity index is 2.99. The van der Waals surface area contributed by atoms with Gasteiger partial charge in [0.25, 0.3) is 0 Å². The molecule has 0 radical (unpaired) electrons. The van der Waals surface area contributed by atoms with E-state index in [-0.39, 0.29) is 6.10 Å². The molecule has 0 aromatic carbocycles. The number of aliphatic hydroxyl groups is 1. The van der Waals surface area contributed by atoms with E-state index in [1.807, 2.05) is 6.08 Å². The Morgan fingerprint density at radius 3 is 2.78 bits per heavy atom. The number of ether oxygens (including phenoxy) is 1. The fraction of sp³-hybridized carbons (Fsp3) is 0.714. The second kappa shape index (κ2) is 5.63. The van der Waals surface area contributed by atoms with Crippen LogP contribution in [0.5, 0.6) is 0 Å². The van der Waals surface area contributed by atoms with Crippen LogP contribution in [0.2, 0.25) is 0 Å². The van der Waals surface area contributed by atoms with Gasteiger partial charge in [0.2, 0.25) is 0 Å². The molecule has 0 unspecified atom stereocenters. The molecule has 1 atom stereocenters. The molecule has 2 heteroatoms. The number of hydrogen-bond donors (Lipinski definition) is 1. The molecule has 1 N–H and O–H groups in total. The van der Waals surface area contributed by atoms with Crippen LogP contribution in [0.25, 0.3) is 0 Å². The minimum absolute atomic E-state index is 0.202. The summed E-state index contributed by atoms with van der Waals surface area (Å²) in [6, 6.07) is 0. The van der Waals surface area contributed by atoms with Crippen molar-refractivity contribution in [2.75, 3.05) is 7.11 Å². The van der Waals surface area contributed by atoms with Gasteiger partial charge in [0.05, 0.1) is 19.5 Å². The first-order valence-corrected chi connectivity index (χ1v) is 3.13. The Morgan fingerprint density at radius 2 is 2.33 bits per heavy atom. The summed E-state index contributed by atoms with van der Waals surface area (Å²) in [4.78, 5) is 0. The highest BCUT2D eigenvalue weighted by molar-refractivity contribution is 4.73. The van der Waals surface area contributed by atoms with Crippen molar-refractivity contribution in [2.24, 2.45) is 0 Å². The maximum Gasteiger partial charge on any atom is 0.0784 e. The SMILES string of the molecule is CO/C=C/CC[C@H](C)O. The Bertz CT molecular complexity index is 77.0. The van der Waals surface area contributed by atoms with E-state index in [0.717, 1.165) is 12.8 Å². The summed E-state index contributed by atoms with van der Waals surface area (Å²) in [6.07, 6.45) is 5.01. The second-order valence-electron chi connectivity index (χ2n) is 2.03. The minimum Gasteiger partial charge on any atom is -0.505 e. The van der Waals surface area contributed by atoms with Crippen molar-refractivity contribution in [3.8, 4) is 0 Å². The molecule has 0 fully saturated rings. The second-order valence-corrected chi connectivity index (χ2v) is 2.03. The molecule has 0 aromatic rings. The van der Waals surface area contributed by atoms with Crippen LogP contribution in [-0.2, 0) is 4.74 Å². The molecule has 0 aliphatic carbocycles. The van der Waals surface area contributed by atoms with Gasteiger partial charge in [0.1, 0.15) is 0 Å². The minimum atomic E-state index is -0.202. The van der Waals surface area contributed by atoms with E-state index in [1.165, 1.54) is 0 Å². The molecule has 0 aromatic heterocycles. The summed E-state index contributed by atoms with van der Waals surface area (Å²) in [5.74, 6) is 0. The van der Waals surface area contributed by atoms with E-state index < -0.39 is 0 Å². The van der Waals surface area contributed by atoms with Crippen LogP contribution in [-0.4, -0.2) is 18.3 Å². The highest BCUT2D eigenvalue weighted by atomic mass is 16.5. The maximum atomic E-state index is 8.78. The van der Waals surface area contributed by atoms with Crippen LogP contribution >= 0.6 is 0 Å². The Labute approximate surface area is 56.1 Å². The van der Waals surface area contributed by atoms with Gasteiger partial charge in [-0.15, -0.1) is 0 Å². The monoisotopic (exact) mass is 130 g/mol. The Hall–Kier alpha value is -0.500. The van der Waals surface area contributed by atoms with Crippen LogP contribution < -0.4 is 0 Å². The van der Waals surface area contributed by atoms with Gasteiger partial charge in [0.15, 0.2) is 0 Å². The van der Waals surface area contributed by atoms with Gasteiger partial charge < -0.3 is 9.84 Å². The fourth-order valence-electron chi connectivity index (χ4n) is 0.502. The predicted molar refractivity (Wildman–Crippen MR) is 37.1 cm³/mol. The third-order valence-electron chi connectivity index (χ3n) is 0.983. The first-order chi connectivity index (χ1) is 4.27. The van der Waals surface area contributed by atoms with Crippen LogP contribution in [0.4, 0.5) is 0 Å². The van der Waals surface area contributed by atoms with Gasteiger partial charge in [-0.1, -0.05) is 0 Å². The Kier molecular flexibility index (Phi) is 5.32. The lowest BCUT2D eigenvalue weighted by molar-refractivity contribution is 0.185. The van der Waals surface area contributed by atoms with E-state index in [0.29, 0.717) is 0 Å². The van der Waals surface area contributed by atoms with Crippen molar-refractivity contribution in [2.45, 2.75) is 25.9 Å². The van der Waals surface area contributed by atoms with Crippen molar-refractivity contribution < 1.29 is 9.84 Å². The normalized spacial score (nSPS) is 14.1. The molecule has 54 valence electrons. The van der Waals surface area contributed by atoms with Crippen molar-refractivity contribution in [1.29, 1.82) is 0 Å². The van der Waals surface area contributed by atoms with Gasteiger partial charge in [-0.05, 0) is 25.8 Å². The average Bonchev–Trinajstić information content (AvgIpc) is 1.80. The lowest BCUT2D eigenvalue weighted by atomic mass is 10.2. The predicted octanol–water partition coefficient (Wildman–Crippen LogP) is 1.31. The zero-order valence-electron chi connectivity index (χ0n) is 6.00. The topological polar surface area (TPSA) is 29.5 Å². The maximum absolute atomic E-state index is 8.78.